The maximum Gasteiger partial charge on any atom is 0.235 e. The van der Waals surface area contributed by atoms with E-state index in [4.69, 9.17) is 0 Å². The van der Waals surface area contributed by atoms with Gasteiger partial charge in [-0.2, -0.15) is 4.99 Å². The van der Waals surface area contributed by atoms with Crippen LogP contribution in [0.1, 0.15) is 36.0 Å². The molecule has 1 aromatic rings. The van der Waals surface area contributed by atoms with E-state index in [-0.39, 0.29) is 5.54 Å². The smallest absolute Gasteiger partial charge is 0.211 e. The van der Waals surface area contributed by atoms with Crippen LogP contribution in [0.5, 0.6) is 0 Å². The number of hydrogen-bond donors (Lipinski definition) is 0. The molecule has 0 atom stereocenters. The zero-order valence-corrected chi connectivity index (χ0v) is 11.1. The number of aliphatic imine (C=N–C) groups is 1. The Morgan fingerprint density at radius 3 is 2.56 bits per heavy atom. The summed E-state index contributed by atoms with van der Waals surface area (Å²) in [5.41, 5.74) is 3.33. The molecular weight excluding hydrogens is 266 g/mol. The molecule has 3 heteroatoms. The minimum atomic E-state index is -0.309. The Labute approximate surface area is 104 Å². The van der Waals surface area contributed by atoms with E-state index in [9.17, 15) is 4.79 Å². The van der Waals surface area contributed by atoms with E-state index in [1.165, 1.54) is 16.7 Å². The summed E-state index contributed by atoms with van der Waals surface area (Å²) in [5, 5.41) is 0. The Morgan fingerprint density at radius 1 is 1.38 bits per heavy atom. The van der Waals surface area contributed by atoms with Gasteiger partial charge in [-0.05, 0) is 55.9 Å². The Morgan fingerprint density at radius 2 is 2.06 bits per heavy atom. The summed E-state index contributed by atoms with van der Waals surface area (Å²) in [6, 6.07) is 4.12. The highest BCUT2D eigenvalue weighted by Gasteiger charge is 2.41. The lowest BCUT2D eigenvalue weighted by molar-refractivity contribution is 0.253. The van der Waals surface area contributed by atoms with E-state index in [0.717, 1.165) is 23.7 Å². The number of isocyanates is 1. The Balaban J connectivity index is 2.62. The second kappa shape index (κ2) is 4.15. The standard InChI is InChI=1S/C13H14BrNO/c1-9-4-5-11(14)12(10(9)2)13(15-8-16)6-3-7-13/h4-5H,3,6-7H2,1-2H3. The van der Waals surface area contributed by atoms with Gasteiger partial charge in [0.2, 0.25) is 6.08 Å². The molecule has 1 fully saturated rings. The third kappa shape index (κ3) is 1.64. The first-order chi connectivity index (χ1) is 7.60. The van der Waals surface area contributed by atoms with Crippen molar-refractivity contribution >= 4 is 22.0 Å². The number of rotatable bonds is 2. The van der Waals surface area contributed by atoms with E-state index < -0.39 is 0 Å². The number of nitrogens with zero attached hydrogens (tertiary/aromatic N) is 1. The highest BCUT2D eigenvalue weighted by molar-refractivity contribution is 9.10. The molecule has 1 aliphatic rings. The molecule has 2 nitrogen and oxygen atoms in total. The van der Waals surface area contributed by atoms with E-state index in [1.807, 2.05) is 6.07 Å². The minimum Gasteiger partial charge on any atom is -0.211 e. The van der Waals surface area contributed by atoms with Crippen LogP contribution in [0.4, 0.5) is 0 Å². The number of aryl methyl sites for hydroxylation is 1. The monoisotopic (exact) mass is 279 g/mol. The van der Waals surface area contributed by atoms with Gasteiger partial charge in [0.25, 0.3) is 0 Å². The molecule has 0 N–H and O–H groups in total. The zero-order chi connectivity index (χ0) is 11.8. The van der Waals surface area contributed by atoms with Crippen LogP contribution in [-0.2, 0) is 10.3 Å². The SMILES string of the molecule is Cc1ccc(Br)c(C2(N=C=O)CCC2)c1C. The molecule has 0 aromatic heterocycles. The lowest BCUT2D eigenvalue weighted by atomic mass is 9.70. The summed E-state index contributed by atoms with van der Waals surface area (Å²) in [7, 11) is 0. The third-order valence-electron chi connectivity index (χ3n) is 3.59. The molecule has 0 bridgehead atoms. The third-order valence-corrected chi connectivity index (χ3v) is 4.25. The van der Waals surface area contributed by atoms with Crippen LogP contribution in [0.3, 0.4) is 0 Å². The van der Waals surface area contributed by atoms with Gasteiger partial charge in [0.05, 0.1) is 5.54 Å². The predicted octanol–water partition coefficient (Wildman–Crippen LogP) is 3.78. The quantitative estimate of drug-likeness (QED) is 0.598. The molecule has 0 amide bonds. The topological polar surface area (TPSA) is 29.4 Å². The molecule has 0 unspecified atom stereocenters. The summed E-state index contributed by atoms with van der Waals surface area (Å²) in [4.78, 5) is 14.6. The van der Waals surface area contributed by atoms with Crippen LogP contribution >= 0.6 is 15.9 Å². The second-order valence-corrected chi connectivity index (χ2v) is 5.31. The van der Waals surface area contributed by atoms with Gasteiger partial charge < -0.3 is 0 Å². The molecule has 1 aromatic carbocycles. The summed E-state index contributed by atoms with van der Waals surface area (Å²) in [5.74, 6) is 0. The van der Waals surface area contributed by atoms with Gasteiger partial charge in [0.15, 0.2) is 0 Å². The van der Waals surface area contributed by atoms with Gasteiger partial charge >= 0.3 is 0 Å². The predicted molar refractivity (Wildman–Crippen MR) is 67.3 cm³/mol. The molecule has 16 heavy (non-hydrogen) atoms. The maximum atomic E-state index is 10.6. The van der Waals surface area contributed by atoms with Gasteiger partial charge in [0.1, 0.15) is 0 Å². The van der Waals surface area contributed by atoms with Gasteiger partial charge in [-0.15, -0.1) is 0 Å². The molecule has 0 saturated heterocycles. The van der Waals surface area contributed by atoms with Crippen LogP contribution in [0.15, 0.2) is 21.6 Å². The lowest BCUT2D eigenvalue weighted by Crippen LogP contribution is -2.33. The van der Waals surface area contributed by atoms with Crippen molar-refractivity contribution in [2.75, 3.05) is 0 Å². The Hall–Kier alpha value is -0.920. The largest absolute Gasteiger partial charge is 0.235 e. The van der Waals surface area contributed by atoms with Crippen LogP contribution in [0.2, 0.25) is 0 Å². The number of benzene rings is 1. The molecule has 0 spiro atoms. The first-order valence-corrected chi connectivity index (χ1v) is 6.25. The molecule has 0 radical (unpaired) electrons. The normalized spacial score (nSPS) is 17.4. The molecular formula is C13H14BrNO. The first-order valence-electron chi connectivity index (χ1n) is 5.46. The van der Waals surface area contributed by atoms with Crippen LogP contribution in [0, 0.1) is 13.8 Å². The molecule has 84 valence electrons. The van der Waals surface area contributed by atoms with Crippen LogP contribution in [0.25, 0.3) is 0 Å². The molecule has 1 aliphatic carbocycles. The van der Waals surface area contributed by atoms with E-state index in [0.29, 0.717) is 0 Å². The fourth-order valence-electron chi connectivity index (χ4n) is 2.37. The summed E-state index contributed by atoms with van der Waals surface area (Å²) in [6.45, 7) is 4.18. The van der Waals surface area contributed by atoms with Crippen molar-refractivity contribution in [1.29, 1.82) is 0 Å². The maximum absolute atomic E-state index is 10.6. The van der Waals surface area contributed by atoms with Crippen molar-refractivity contribution in [1.82, 2.24) is 0 Å². The molecule has 1 saturated carbocycles. The van der Waals surface area contributed by atoms with Gasteiger partial charge in [0, 0.05) is 4.47 Å². The zero-order valence-electron chi connectivity index (χ0n) is 9.51. The van der Waals surface area contributed by atoms with Crippen LogP contribution < -0.4 is 0 Å². The Kier molecular flexibility index (Phi) is 3.00. The molecule has 0 aliphatic heterocycles. The van der Waals surface area contributed by atoms with Crippen molar-refractivity contribution in [2.24, 2.45) is 4.99 Å². The summed E-state index contributed by atoms with van der Waals surface area (Å²) >= 11 is 3.57. The van der Waals surface area contributed by atoms with Crippen molar-refractivity contribution in [3.05, 3.63) is 33.3 Å². The summed E-state index contributed by atoms with van der Waals surface area (Å²) in [6.07, 6.45) is 4.77. The second-order valence-electron chi connectivity index (χ2n) is 4.45. The highest BCUT2D eigenvalue weighted by Crippen LogP contribution is 2.48. The lowest BCUT2D eigenvalue weighted by Gasteiger charge is -2.39. The van der Waals surface area contributed by atoms with Gasteiger partial charge in [-0.25, -0.2) is 4.79 Å². The Bertz CT molecular complexity index is 471. The van der Waals surface area contributed by atoms with Crippen LogP contribution in [-0.4, -0.2) is 6.08 Å². The van der Waals surface area contributed by atoms with Gasteiger partial charge in [-0.3, -0.25) is 0 Å². The van der Waals surface area contributed by atoms with Gasteiger partial charge in [-0.1, -0.05) is 22.0 Å². The highest BCUT2D eigenvalue weighted by atomic mass is 79.9. The fourth-order valence-corrected chi connectivity index (χ4v) is 3.17. The average molecular weight is 280 g/mol. The molecule has 2 rings (SSSR count). The van der Waals surface area contributed by atoms with Crippen molar-refractivity contribution in [3.63, 3.8) is 0 Å². The van der Waals surface area contributed by atoms with Crippen molar-refractivity contribution in [3.8, 4) is 0 Å². The van der Waals surface area contributed by atoms with E-state index in [2.05, 4.69) is 40.8 Å². The van der Waals surface area contributed by atoms with Crippen molar-refractivity contribution in [2.45, 2.75) is 38.6 Å². The average Bonchev–Trinajstić information content (AvgIpc) is 2.20. The van der Waals surface area contributed by atoms with Crippen molar-refractivity contribution < 1.29 is 4.79 Å². The number of hydrogen-bond acceptors (Lipinski definition) is 2. The summed E-state index contributed by atoms with van der Waals surface area (Å²) < 4.78 is 1.05. The van der Waals surface area contributed by atoms with E-state index in [1.54, 1.807) is 6.08 Å². The van der Waals surface area contributed by atoms with E-state index >= 15 is 0 Å². The minimum absolute atomic E-state index is 0.309. The first kappa shape index (κ1) is 11.6. The number of halogens is 1. The number of carbonyl (C=O) groups excluding carboxylic acids is 1. The fraction of sp³-hybridized carbons (Fsp3) is 0.462. The molecule has 0 heterocycles.